The van der Waals surface area contributed by atoms with Gasteiger partial charge >= 0.3 is 0 Å². The number of aromatic nitrogens is 3. The number of halogens is 1. The van der Waals surface area contributed by atoms with Crippen molar-refractivity contribution in [3.63, 3.8) is 0 Å². The number of hydrogen-bond donors (Lipinski definition) is 1. The summed E-state index contributed by atoms with van der Waals surface area (Å²) in [7, 11) is 0. The number of nitrogens with one attached hydrogen (secondary N) is 1. The predicted molar refractivity (Wildman–Crippen MR) is 106 cm³/mol. The van der Waals surface area contributed by atoms with Crippen molar-refractivity contribution < 1.29 is 4.79 Å². The van der Waals surface area contributed by atoms with Crippen molar-refractivity contribution in [2.75, 3.05) is 0 Å². The van der Waals surface area contributed by atoms with Gasteiger partial charge in [0.1, 0.15) is 5.15 Å². The first-order valence-electron chi connectivity index (χ1n) is 8.56. The van der Waals surface area contributed by atoms with Gasteiger partial charge < -0.3 is 9.88 Å². The van der Waals surface area contributed by atoms with Crippen molar-refractivity contribution in [2.45, 2.75) is 13.0 Å². The summed E-state index contributed by atoms with van der Waals surface area (Å²) < 4.78 is 1.93. The highest BCUT2D eigenvalue weighted by Gasteiger charge is 2.15. The third-order valence-electron chi connectivity index (χ3n) is 4.47. The fraction of sp³-hybridized carbons (Fsp3) is 0.0952. The van der Waals surface area contributed by atoms with Crippen LogP contribution in [0.25, 0.3) is 16.6 Å². The molecule has 4 rings (SSSR count). The van der Waals surface area contributed by atoms with Crippen LogP contribution in [0.5, 0.6) is 0 Å². The molecule has 134 valence electrons. The Morgan fingerprint density at radius 1 is 1.15 bits per heavy atom. The third kappa shape index (κ3) is 3.55. The highest BCUT2D eigenvalue weighted by molar-refractivity contribution is 6.30. The maximum absolute atomic E-state index is 12.8. The molecule has 0 aliphatic carbocycles. The number of carbonyl (C=O) groups is 1. The highest BCUT2D eigenvalue weighted by Crippen LogP contribution is 2.22. The van der Waals surface area contributed by atoms with Gasteiger partial charge in [-0.15, -0.1) is 0 Å². The predicted octanol–water partition coefficient (Wildman–Crippen LogP) is 4.56. The smallest absolute Gasteiger partial charge is 0.252 e. The van der Waals surface area contributed by atoms with Crippen LogP contribution in [0, 0.1) is 0 Å². The Morgan fingerprint density at radius 2 is 1.93 bits per heavy atom. The van der Waals surface area contributed by atoms with E-state index in [0.29, 0.717) is 16.2 Å². The number of amides is 1. The van der Waals surface area contributed by atoms with Crippen LogP contribution >= 0.6 is 11.6 Å². The zero-order valence-electron chi connectivity index (χ0n) is 14.6. The van der Waals surface area contributed by atoms with E-state index in [1.54, 1.807) is 18.6 Å². The van der Waals surface area contributed by atoms with E-state index in [4.69, 9.17) is 11.6 Å². The van der Waals surface area contributed by atoms with Crippen LogP contribution in [0.2, 0.25) is 5.15 Å². The van der Waals surface area contributed by atoms with E-state index < -0.39 is 0 Å². The highest BCUT2D eigenvalue weighted by atomic mass is 35.5. The molecule has 2 aromatic carbocycles. The van der Waals surface area contributed by atoms with Crippen molar-refractivity contribution >= 4 is 28.4 Å². The summed E-state index contributed by atoms with van der Waals surface area (Å²) in [6.45, 7) is 1.95. The molecular weight excluding hydrogens is 360 g/mol. The van der Waals surface area contributed by atoms with Gasteiger partial charge in [0, 0.05) is 23.5 Å². The number of imidazole rings is 1. The largest absolute Gasteiger partial charge is 0.345 e. The molecule has 1 amide bonds. The van der Waals surface area contributed by atoms with Crippen LogP contribution < -0.4 is 5.32 Å². The van der Waals surface area contributed by atoms with Crippen LogP contribution in [-0.2, 0) is 0 Å². The van der Waals surface area contributed by atoms with E-state index in [9.17, 15) is 4.79 Å². The third-order valence-corrected chi connectivity index (χ3v) is 4.67. The minimum Gasteiger partial charge on any atom is -0.345 e. The van der Waals surface area contributed by atoms with Gasteiger partial charge in [-0.25, -0.2) is 9.97 Å². The lowest BCUT2D eigenvalue weighted by molar-refractivity contribution is 0.0941. The Labute approximate surface area is 161 Å². The van der Waals surface area contributed by atoms with Crippen LogP contribution in [0.15, 0.2) is 73.3 Å². The zero-order valence-corrected chi connectivity index (χ0v) is 15.4. The lowest BCUT2D eigenvalue weighted by Crippen LogP contribution is -2.27. The van der Waals surface area contributed by atoms with Crippen LogP contribution in [0.1, 0.15) is 28.9 Å². The fourth-order valence-electron chi connectivity index (χ4n) is 3.04. The maximum Gasteiger partial charge on any atom is 0.252 e. The van der Waals surface area contributed by atoms with E-state index >= 15 is 0 Å². The molecule has 5 nitrogen and oxygen atoms in total. The summed E-state index contributed by atoms with van der Waals surface area (Å²) in [5, 5.41) is 4.12. The van der Waals surface area contributed by atoms with Gasteiger partial charge in [-0.05, 0) is 36.8 Å². The molecule has 1 atom stereocenters. The molecule has 0 aliphatic heterocycles. The van der Waals surface area contributed by atoms with Crippen molar-refractivity contribution in [3.05, 3.63) is 89.6 Å². The van der Waals surface area contributed by atoms with E-state index in [1.165, 1.54) is 0 Å². The fourth-order valence-corrected chi connectivity index (χ4v) is 3.24. The molecule has 0 fully saturated rings. The van der Waals surface area contributed by atoms with Gasteiger partial charge in [0.15, 0.2) is 0 Å². The molecule has 27 heavy (non-hydrogen) atoms. The number of para-hydroxylation sites is 1. The number of rotatable bonds is 4. The standard InChI is InChI=1S/C21H17ClN4O/c1-14(15-6-8-16(9-7-15)26-11-10-23-13-26)24-21(27)18-12-20(22)25-19-5-3-2-4-17(18)19/h2-14H,1H3,(H,24,27). The minimum absolute atomic E-state index is 0.153. The molecule has 0 saturated heterocycles. The van der Waals surface area contributed by atoms with E-state index in [2.05, 4.69) is 15.3 Å². The summed E-state index contributed by atoms with van der Waals surface area (Å²) in [5.41, 5.74) is 3.25. The molecule has 0 radical (unpaired) electrons. The molecule has 4 aromatic rings. The van der Waals surface area contributed by atoms with Crippen molar-refractivity contribution in [2.24, 2.45) is 0 Å². The molecule has 0 bridgehead atoms. The molecular formula is C21H17ClN4O. The molecule has 2 heterocycles. The van der Waals surface area contributed by atoms with Gasteiger partial charge in [-0.1, -0.05) is 41.9 Å². The number of fused-ring (bicyclic) bond motifs is 1. The average molecular weight is 377 g/mol. The molecule has 6 heteroatoms. The lowest BCUT2D eigenvalue weighted by Gasteiger charge is -2.16. The minimum atomic E-state index is -0.179. The van der Waals surface area contributed by atoms with Crippen LogP contribution in [-0.4, -0.2) is 20.4 Å². The number of pyridine rings is 1. The van der Waals surface area contributed by atoms with Crippen molar-refractivity contribution in [3.8, 4) is 5.69 Å². The number of nitrogens with zero attached hydrogens (tertiary/aromatic N) is 3. The summed E-state index contributed by atoms with van der Waals surface area (Å²) in [5.74, 6) is -0.179. The van der Waals surface area contributed by atoms with Crippen molar-refractivity contribution in [1.29, 1.82) is 0 Å². The van der Waals surface area contributed by atoms with E-state index in [-0.39, 0.29) is 11.9 Å². The molecule has 0 saturated carbocycles. The number of carbonyl (C=O) groups excluding carboxylic acids is 1. The summed E-state index contributed by atoms with van der Waals surface area (Å²) >= 11 is 6.09. The second-order valence-electron chi connectivity index (χ2n) is 6.27. The second kappa shape index (κ2) is 7.21. The Morgan fingerprint density at radius 3 is 2.67 bits per heavy atom. The van der Waals surface area contributed by atoms with Gasteiger partial charge in [-0.2, -0.15) is 0 Å². The van der Waals surface area contributed by atoms with E-state index in [1.807, 2.05) is 66.2 Å². The molecule has 2 aromatic heterocycles. The van der Waals surface area contributed by atoms with Gasteiger partial charge in [0.05, 0.1) is 23.4 Å². The average Bonchev–Trinajstić information content (AvgIpc) is 3.22. The maximum atomic E-state index is 12.8. The molecule has 1 unspecified atom stereocenters. The SMILES string of the molecule is CC(NC(=O)c1cc(Cl)nc2ccccc12)c1ccc(-n2ccnc2)cc1. The van der Waals surface area contributed by atoms with Gasteiger partial charge in [-0.3, -0.25) is 4.79 Å². The molecule has 1 N–H and O–H groups in total. The first-order chi connectivity index (χ1) is 13.1. The van der Waals surface area contributed by atoms with Gasteiger partial charge in [0.25, 0.3) is 5.91 Å². The Bertz CT molecular complexity index is 1090. The first kappa shape index (κ1) is 17.2. The quantitative estimate of drug-likeness (QED) is 0.531. The topological polar surface area (TPSA) is 59.8 Å². The van der Waals surface area contributed by atoms with Gasteiger partial charge in [0.2, 0.25) is 0 Å². The Balaban J connectivity index is 1.56. The zero-order chi connectivity index (χ0) is 18.8. The Hall–Kier alpha value is -3.18. The van der Waals surface area contributed by atoms with Crippen LogP contribution in [0.3, 0.4) is 0 Å². The van der Waals surface area contributed by atoms with E-state index in [0.717, 1.165) is 16.6 Å². The number of benzene rings is 2. The summed E-state index contributed by atoms with van der Waals surface area (Å²) in [6.07, 6.45) is 5.37. The van der Waals surface area contributed by atoms with Crippen molar-refractivity contribution in [1.82, 2.24) is 19.9 Å². The number of hydrogen-bond acceptors (Lipinski definition) is 3. The molecule has 0 spiro atoms. The monoisotopic (exact) mass is 376 g/mol. The molecule has 0 aliphatic rings. The lowest BCUT2D eigenvalue weighted by atomic mass is 10.1. The normalized spacial score (nSPS) is 12.1. The Kier molecular flexibility index (Phi) is 4.60. The summed E-state index contributed by atoms with van der Waals surface area (Å²) in [4.78, 5) is 21.2. The second-order valence-corrected chi connectivity index (χ2v) is 6.65. The first-order valence-corrected chi connectivity index (χ1v) is 8.94. The van der Waals surface area contributed by atoms with Crippen LogP contribution in [0.4, 0.5) is 0 Å². The summed E-state index contributed by atoms with van der Waals surface area (Å²) in [6, 6.07) is 16.9.